The Morgan fingerprint density at radius 1 is 1.25 bits per heavy atom. The number of hydrogen-bond donors (Lipinski definition) is 1. The van der Waals surface area contributed by atoms with E-state index in [0.717, 1.165) is 16.7 Å². The highest BCUT2D eigenvalue weighted by molar-refractivity contribution is 7.81. The molecule has 0 aliphatic rings. The molecule has 0 N–H and O–H groups in total. The summed E-state index contributed by atoms with van der Waals surface area (Å²) in [5.41, 5.74) is 3.39. The van der Waals surface area contributed by atoms with Crippen molar-refractivity contribution in [3.8, 4) is 0 Å². The molecule has 1 atom stereocenters. The summed E-state index contributed by atoms with van der Waals surface area (Å²) >= 11 is 4.01. The summed E-state index contributed by atoms with van der Waals surface area (Å²) in [6, 6.07) is 3.91. The van der Waals surface area contributed by atoms with E-state index < -0.39 is 7.80 Å². The van der Waals surface area contributed by atoms with Gasteiger partial charge < -0.3 is 4.57 Å². The molecule has 1 rings (SSSR count). The van der Waals surface area contributed by atoms with Gasteiger partial charge in [-0.15, -0.1) is 0 Å². The number of carbonyl (C=O) groups is 1. The fourth-order valence-electron chi connectivity index (χ4n) is 1.89. The van der Waals surface area contributed by atoms with Gasteiger partial charge >= 0.3 is 0 Å². The molecular formula is C12H17O2PS. The van der Waals surface area contributed by atoms with Gasteiger partial charge in [0, 0.05) is 11.7 Å². The minimum Gasteiger partial charge on any atom is -0.318 e. The van der Waals surface area contributed by atoms with Crippen LogP contribution in [0, 0.1) is 20.8 Å². The van der Waals surface area contributed by atoms with Crippen LogP contribution in [-0.4, -0.2) is 17.4 Å². The standard InChI is InChI=1S/C12H17O2PS/c1-8-6-9(2)11(10(3)7-8)12(13)15(14)4-5-16/h6-7,15-16H,4-5H2,1-3H3. The van der Waals surface area contributed by atoms with Gasteiger partial charge in [-0.3, -0.25) is 4.79 Å². The van der Waals surface area contributed by atoms with Crippen LogP contribution in [0.1, 0.15) is 27.0 Å². The third-order valence-electron chi connectivity index (χ3n) is 2.50. The Balaban J connectivity index is 3.14. The van der Waals surface area contributed by atoms with E-state index in [1.165, 1.54) is 0 Å². The number of carbonyl (C=O) groups excluding carboxylic acids is 1. The molecule has 0 aromatic heterocycles. The van der Waals surface area contributed by atoms with Crippen LogP contribution in [0.3, 0.4) is 0 Å². The minimum absolute atomic E-state index is 0.200. The summed E-state index contributed by atoms with van der Waals surface area (Å²) in [7, 11) is -2.19. The molecule has 0 fully saturated rings. The van der Waals surface area contributed by atoms with Crippen LogP contribution in [0.5, 0.6) is 0 Å². The van der Waals surface area contributed by atoms with Crippen LogP contribution in [-0.2, 0) is 4.57 Å². The Bertz CT molecular complexity index is 418. The predicted octanol–water partition coefficient (Wildman–Crippen LogP) is 3.24. The van der Waals surface area contributed by atoms with Crippen LogP contribution in [0.4, 0.5) is 0 Å². The smallest absolute Gasteiger partial charge is 0.219 e. The van der Waals surface area contributed by atoms with E-state index >= 15 is 0 Å². The molecule has 0 aliphatic carbocycles. The van der Waals surface area contributed by atoms with Gasteiger partial charge in [-0.2, -0.15) is 12.6 Å². The first-order valence-corrected chi connectivity index (χ1v) is 7.48. The molecule has 16 heavy (non-hydrogen) atoms. The third-order valence-corrected chi connectivity index (χ3v) is 4.60. The molecule has 4 heteroatoms. The zero-order valence-corrected chi connectivity index (χ0v) is 11.7. The Hall–Kier alpha value is -0.530. The number of rotatable bonds is 4. The van der Waals surface area contributed by atoms with Crippen molar-refractivity contribution in [2.45, 2.75) is 20.8 Å². The van der Waals surface area contributed by atoms with E-state index in [-0.39, 0.29) is 5.52 Å². The second kappa shape index (κ2) is 5.70. The molecule has 1 aromatic rings. The fraction of sp³-hybridized carbons (Fsp3) is 0.417. The molecule has 1 aromatic carbocycles. The average Bonchev–Trinajstić information content (AvgIpc) is 2.16. The SMILES string of the molecule is Cc1cc(C)c(C(=O)[PH](=O)CCS)c(C)c1. The van der Waals surface area contributed by atoms with E-state index in [9.17, 15) is 9.36 Å². The normalized spacial score (nSPS) is 12.5. The molecule has 0 radical (unpaired) electrons. The topological polar surface area (TPSA) is 34.1 Å². The van der Waals surface area contributed by atoms with Gasteiger partial charge in [-0.1, -0.05) is 17.7 Å². The summed E-state index contributed by atoms with van der Waals surface area (Å²) in [5, 5.41) is 0. The van der Waals surface area contributed by atoms with Gasteiger partial charge in [0.05, 0.1) is 0 Å². The molecule has 0 bridgehead atoms. The van der Waals surface area contributed by atoms with E-state index in [0.29, 0.717) is 17.5 Å². The summed E-state index contributed by atoms with van der Waals surface area (Å²) < 4.78 is 11.7. The van der Waals surface area contributed by atoms with Crippen LogP contribution in [0.25, 0.3) is 0 Å². The maximum Gasteiger partial charge on any atom is 0.219 e. The second-order valence-electron chi connectivity index (χ2n) is 4.00. The van der Waals surface area contributed by atoms with Crippen molar-refractivity contribution in [1.82, 2.24) is 0 Å². The minimum atomic E-state index is -2.19. The largest absolute Gasteiger partial charge is 0.318 e. The number of thiol groups is 1. The molecule has 0 saturated heterocycles. The lowest BCUT2D eigenvalue weighted by molar-refractivity contribution is 0.107. The highest BCUT2D eigenvalue weighted by Crippen LogP contribution is 2.30. The Labute approximate surface area is 103 Å². The van der Waals surface area contributed by atoms with Crippen molar-refractivity contribution in [3.05, 3.63) is 34.4 Å². The first-order valence-electron chi connectivity index (χ1n) is 5.23. The lowest BCUT2D eigenvalue weighted by atomic mass is 10.0. The van der Waals surface area contributed by atoms with E-state index in [1.807, 2.05) is 32.9 Å². The maximum absolute atomic E-state index is 12.0. The van der Waals surface area contributed by atoms with Crippen molar-refractivity contribution in [3.63, 3.8) is 0 Å². The predicted molar refractivity (Wildman–Crippen MR) is 72.7 cm³/mol. The quantitative estimate of drug-likeness (QED) is 0.663. The van der Waals surface area contributed by atoms with Crippen LogP contribution in [0.2, 0.25) is 0 Å². The zero-order chi connectivity index (χ0) is 12.3. The first-order chi connectivity index (χ1) is 7.47. The number of hydrogen-bond acceptors (Lipinski definition) is 3. The van der Waals surface area contributed by atoms with Crippen LogP contribution in [0.15, 0.2) is 12.1 Å². The molecular weight excluding hydrogens is 239 g/mol. The highest BCUT2D eigenvalue weighted by atomic mass is 32.1. The number of aryl methyl sites for hydroxylation is 3. The number of benzene rings is 1. The summed E-state index contributed by atoms with van der Waals surface area (Å²) in [6.07, 6.45) is 0.388. The van der Waals surface area contributed by atoms with Crippen molar-refractivity contribution in [2.75, 3.05) is 11.9 Å². The Kier molecular flexibility index (Phi) is 4.82. The van der Waals surface area contributed by atoms with Crippen molar-refractivity contribution in [1.29, 1.82) is 0 Å². The molecule has 0 aliphatic heterocycles. The second-order valence-corrected chi connectivity index (χ2v) is 6.25. The van der Waals surface area contributed by atoms with Gasteiger partial charge in [0.1, 0.15) is 7.80 Å². The molecule has 0 saturated carbocycles. The van der Waals surface area contributed by atoms with Crippen molar-refractivity contribution in [2.24, 2.45) is 0 Å². The summed E-state index contributed by atoms with van der Waals surface area (Å²) in [4.78, 5) is 12.0. The van der Waals surface area contributed by atoms with Gasteiger partial charge in [-0.25, -0.2) is 0 Å². The van der Waals surface area contributed by atoms with Crippen LogP contribution < -0.4 is 0 Å². The monoisotopic (exact) mass is 256 g/mol. The van der Waals surface area contributed by atoms with Gasteiger partial charge in [0.25, 0.3) is 0 Å². The maximum atomic E-state index is 12.0. The molecule has 1 unspecified atom stereocenters. The average molecular weight is 256 g/mol. The molecule has 0 spiro atoms. The summed E-state index contributed by atoms with van der Waals surface area (Å²) in [6.45, 7) is 5.77. The lowest BCUT2D eigenvalue weighted by Crippen LogP contribution is -2.03. The van der Waals surface area contributed by atoms with Crippen molar-refractivity contribution >= 4 is 26.0 Å². The van der Waals surface area contributed by atoms with Gasteiger partial charge in [0.15, 0.2) is 0 Å². The Morgan fingerprint density at radius 2 is 1.75 bits per heavy atom. The molecule has 88 valence electrons. The fourth-order valence-corrected chi connectivity index (χ4v) is 3.61. The van der Waals surface area contributed by atoms with Gasteiger partial charge in [-0.05, 0) is 37.7 Å². The van der Waals surface area contributed by atoms with E-state index in [1.54, 1.807) is 0 Å². The molecule has 0 heterocycles. The molecule has 2 nitrogen and oxygen atoms in total. The van der Waals surface area contributed by atoms with E-state index in [4.69, 9.17) is 0 Å². The van der Waals surface area contributed by atoms with E-state index in [2.05, 4.69) is 12.6 Å². The lowest BCUT2D eigenvalue weighted by Gasteiger charge is -2.09. The highest BCUT2D eigenvalue weighted by Gasteiger charge is 2.18. The molecule has 0 amide bonds. The van der Waals surface area contributed by atoms with Crippen LogP contribution >= 0.6 is 20.4 Å². The van der Waals surface area contributed by atoms with Crippen molar-refractivity contribution < 1.29 is 9.36 Å². The first kappa shape index (κ1) is 13.5. The Morgan fingerprint density at radius 3 is 2.19 bits per heavy atom. The zero-order valence-electron chi connectivity index (χ0n) is 9.83. The summed E-state index contributed by atoms with van der Waals surface area (Å²) in [5.74, 6) is 0.494. The third kappa shape index (κ3) is 2.99. The van der Waals surface area contributed by atoms with Gasteiger partial charge in [0.2, 0.25) is 5.52 Å².